The van der Waals surface area contributed by atoms with Gasteiger partial charge in [0.25, 0.3) is 0 Å². The van der Waals surface area contributed by atoms with E-state index in [4.69, 9.17) is 10.00 Å². The summed E-state index contributed by atoms with van der Waals surface area (Å²) in [5.41, 5.74) is 0.180. The summed E-state index contributed by atoms with van der Waals surface area (Å²) < 4.78 is 40.7. The normalized spacial score (nSPS) is 10.6. The third-order valence-electron chi connectivity index (χ3n) is 1.78. The van der Waals surface area contributed by atoms with Gasteiger partial charge in [-0.05, 0) is 12.1 Å². The molecule has 1 rings (SSSR count). The van der Waals surface area contributed by atoms with Crippen molar-refractivity contribution < 1.29 is 22.7 Å². The lowest BCUT2D eigenvalue weighted by atomic mass is 10.3. The Hall–Kier alpha value is -2.23. The van der Waals surface area contributed by atoms with Crippen LogP contribution in [0.5, 0.6) is 5.75 Å². The molecular weight excluding hydrogens is 249 g/mol. The van der Waals surface area contributed by atoms with Crippen LogP contribution in [0.3, 0.4) is 0 Å². The third kappa shape index (κ3) is 5.21. The molecule has 0 saturated heterocycles. The van der Waals surface area contributed by atoms with Crippen molar-refractivity contribution in [3.05, 3.63) is 24.3 Å². The number of benzene rings is 1. The van der Waals surface area contributed by atoms with Crippen molar-refractivity contribution in [2.24, 2.45) is 0 Å². The highest BCUT2D eigenvalue weighted by atomic mass is 19.4. The zero-order valence-electron chi connectivity index (χ0n) is 9.12. The van der Waals surface area contributed by atoms with Gasteiger partial charge in [0, 0.05) is 11.8 Å². The molecule has 96 valence electrons. The molecule has 0 aliphatic rings. The van der Waals surface area contributed by atoms with Crippen molar-refractivity contribution >= 4 is 11.6 Å². The quantitative estimate of drug-likeness (QED) is 0.902. The molecule has 1 aromatic carbocycles. The number of nitriles is 1. The van der Waals surface area contributed by atoms with Crippen LogP contribution in [0, 0.1) is 11.3 Å². The zero-order valence-corrected chi connectivity index (χ0v) is 9.12. The maximum Gasteiger partial charge on any atom is 0.397 e. The highest BCUT2D eigenvalue weighted by Crippen LogP contribution is 2.22. The lowest BCUT2D eigenvalue weighted by Gasteiger charge is -2.09. The molecule has 0 atom stereocenters. The summed E-state index contributed by atoms with van der Waals surface area (Å²) in [5, 5.41) is 10.4. The Bertz CT molecular complexity index is 466. The van der Waals surface area contributed by atoms with Crippen LogP contribution in [0.2, 0.25) is 0 Å². The number of anilines is 1. The first-order valence-corrected chi connectivity index (χ1v) is 4.87. The molecule has 0 saturated carbocycles. The van der Waals surface area contributed by atoms with Crippen LogP contribution < -0.4 is 10.1 Å². The fraction of sp³-hybridized carbons (Fsp3) is 0.273. The number of alkyl halides is 3. The van der Waals surface area contributed by atoms with Crippen LogP contribution in [0.1, 0.15) is 6.42 Å². The lowest BCUT2D eigenvalue weighted by Crippen LogP contribution is -2.21. The van der Waals surface area contributed by atoms with E-state index >= 15 is 0 Å². The number of nitrogens with zero attached hydrogens (tertiary/aromatic N) is 1. The molecule has 7 heteroatoms. The molecule has 0 radical (unpaired) electrons. The predicted molar refractivity (Wildman–Crippen MR) is 56.9 cm³/mol. The fourth-order valence-corrected chi connectivity index (χ4v) is 1.17. The first kappa shape index (κ1) is 13.8. The van der Waals surface area contributed by atoms with E-state index in [0.29, 0.717) is 5.75 Å². The summed E-state index contributed by atoms with van der Waals surface area (Å²) >= 11 is 0. The number of amides is 1. The van der Waals surface area contributed by atoms with Crippen molar-refractivity contribution in [3.8, 4) is 11.8 Å². The van der Waals surface area contributed by atoms with Gasteiger partial charge in [-0.3, -0.25) is 4.79 Å². The molecule has 0 heterocycles. The Kier molecular flexibility index (Phi) is 4.54. The van der Waals surface area contributed by atoms with E-state index in [2.05, 4.69) is 5.32 Å². The van der Waals surface area contributed by atoms with E-state index in [-0.39, 0.29) is 12.3 Å². The van der Waals surface area contributed by atoms with Gasteiger partial charge in [-0.15, -0.1) is 0 Å². The molecule has 1 N–H and O–H groups in total. The number of carbonyl (C=O) groups excluding carboxylic acids is 1. The Morgan fingerprint density at radius 1 is 1.44 bits per heavy atom. The van der Waals surface area contributed by atoms with Gasteiger partial charge in [-0.1, -0.05) is 6.07 Å². The van der Waals surface area contributed by atoms with E-state index in [1.54, 1.807) is 6.07 Å². The number of hydrogen-bond donors (Lipinski definition) is 1. The van der Waals surface area contributed by atoms with Crippen LogP contribution in [-0.4, -0.2) is 18.7 Å². The highest BCUT2D eigenvalue weighted by Gasteiger charge is 2.31. The van der Waals surface area contributed by atoms with Crippen LogP contribution in [0.4, 0.5) is 18.9 Å². The van der Waals surface area contributed by atoms with E-state index in [0.717, 1.165) is 0 Å². The highest BCUT2D eigenvalue weighted by molar-refractivity contribution is 5.91. The minimum absolute atomic E-state index is 0.180. The Labute approximate surface area is 101 Å². The lowest BCUT2D eigenvalue weighted by molar-refractivity contribution is -0.150. The van der Waals surface area contributed by atoms with Crippen LogP contribution in [-0.2, 0) is 4.79 Å². The first-order chi connectivity index (χ1) is 8.40. The summed E-state index contributed by atoms with van der Waals surface area (Å²) in [4.78, 5) is 11.0. The number of nitrogens with one attached hydrogen (secondary N) is 1. The van der Waals surface area contributed by atoms with Gasteiger partial charge in [0.15, 0.2) is 6.61 Å². The molecular formula is C11H9F3N2O2. The summed E-state index contributed by atoms with van der Waals surface area (Å²) in [6.07, 6.45) is -6.09. The summed E-state index contributed by atoms with van der Waals surface area (Å²) in [7, 11) is 0. The first-order valence-electron chi connectivity index (χ1n) is 4.87. The van der Waals surface area contributed by atoms with Crippen molar-refractivity contribution in [1.29, 1.82) is 5.26 Å². The van der Waals surface area contributed by atoms with Gasteiger partial charge in [-0.25, -0.2) is 0 Å². The summed E-state index contributed by atoms with van der Waals surface area (Å²) in [5.74, 6) is -0.860. The Morgan fingerprint density at radius 2 is 2.17 bits per heavy atom. The second kappa shape index (κ2) is 5.91. The molecule has 0 spiro atoms. The maximum atomic E-state index is 11.9. The SMILES string of the molecule is N#CCOc1cccc(NC(=O)CC(F)(F)F)c1. The standard InChI is InChI=1S/C11H9F3N2O2/c12-11(13,14)7-10(17)16-8-2-1-3-9(6-8)18-5-4-15/h1-3,6H,5,7H2,(H,16,17). The largest absolute Gasteiger partial charge is 0.479 e. The van der Waals surface area contributed by atoms with E-state index in [1.807, 2.05) is 0 Å². The van der Waals surface area contributed by atoms with Gasteiger partial charge in [0.05, 0.1) is 0 Å². The molecule has 0 aliphatic heterocycles. The molecule has 0 unspecified atom stereocenters. The van der Waals surface area contributed by atoms with Gasteiger partial charge in [-0.2, -0.15) is 18.4 Å². The monoisotopic (exact) mass is 258 g/mol. The average molecular weight is 258 g/mol. The summed E-state index contributed by atoms with van der Waals surface area (Å²) in [6.45, 7) is -0.181. The fourth-order valence-electron chi connectivity index (χ4n) is 1.17. The molecule has 0 aromatic heterocycles. The van der Waals surface area contributed by atoms with Gasteiger partial charge in [0.2, 0.25) is 5.91 Å². The number of rotatable bonds is 4. The number of hydrogen-bond acceptors (Lipinski definition) is 3. The number of halogens is 3. The molecule has 1 aromatic rings. The summed E-state index contributed by atoms with van der Waals surface area (Å²) in [6, 6.07) is 7.53. The number of carbonyl (C=O) groups is 1. The Morgan fingerprint density at radius 3 is 2.78 bits per heavy atom. The molecule has 4 nitrogen and oxygen atoms in total. The van der Waals surface area contributed by atoms with E-state index in [1.165, 1.54) is 24.3 Å². The molecule has 0 fully saturated rings. The minimum Gasteiger partial charge on any atom is -0.479 e. The molecule has 1 amide bonds. The molecule has 18 heavy (non-hydrogen) atoms. The Balaban J connectivity index is 2.62. The molecule has 0 aliphatic carbocycles. The van der Waals surface area contributed by atoms with Gasteiger partial charge >= 0.3 is 6.18 Å². The molecule has 0 bridgehead atoms. The average Bonchev–Trinajstić information content (AvgIpc) is 2.24. The van der Waals surface area contributed by atoms with E-state index in [9.17, 15) is 18.0 Å². The predicted octanol–water partition coefficient (Wildman–Crippen LogP) is 2.48. The van der Waals surface area contributed by atoms with E-state index < -0.39 is 18.5 Å². The second-order valence-electron chi connectivity index (χ2n) is 3.31. The second-order valence-corrected chi connectivity index (χ2v) is 3.31. The van der Waals surface area contributed by atoms with Crippen molar-refractivity contribution in [3.63, 3.8) is 0 Å². The number of ether oxygens (including phenoxy) is 1. The maximum absolute atomic E-state index is 11.9. The van der Waals surface area contributed by atoms with Gasteiger partial charge < -0.3 is 10.1 Å². The van der Waals surface area contributed by atoms with Crippen molar-refractivity contribution in [1.82, 2.24) is 0 Å². The minimum atomic E-state index is -4.54. The van der Waals surface area contributed by atoms with Gasteiger partial charge in [0.1, 0.15) is 18.2 Å². The van der Waals surface area contributed by atoms with Crippen LogP contribution in [0.15, 0.2) is 24.3 Å². The smallest absolute Gasteiger partial charge is 0.397 e. The van der Waals surface area contributed by atoms with Crippen LogP contribution >= 0.6 is 0 Å². The van der Waals surface area contributed by atoms with Crippen molar-refractivity contribution in [2.45, 2.75) is 12.6 Å². The van der Waals surface area contributed by atoms with Crippen molar-refractivity contribution in [2.75, 3.05) is 11.9 Å². The zero-order chi connectivity index (χ0) is 13.6. The topological polar surface area (TPSA) is 62.1 Å². The third-order valence-corrected chi connectivity index (χ3v) is 1.78. The van der Waals surface area contributed by atoms with Crippen LogP contribution in [0.25, 0.3) is 0 Å².